The monoisotopic (exact) mass is 275 g/mol. The molecule has 0 aliphatic heterocycles. The molecule has 0 aliphatic carbocycles. The second kappa shape index (κ2) is 4.68. The van der Waals surface area contributed by atoms with Gasteiger partial charge in [0.15, 0.2) is 0 Å². The third-order valence-electron chi connectivity index (χ3n) is 2.32. The van der Waals surface area contributed by atoms with Gasteiger partial charge in [0.2, 0.25) is 0 Å². The molecule has 0 spiro atoms. The van der Waals surface area contributed by atoms with Crippen molar-refractivity contribution in [1.29, 1.82) is 0 Å². The Morgan fingerprint density at radius 3 is 2.71 bits per heavy atom. The third-order valence-corrected chi connectivity index (χ3v) is 3.49. The average molecular weight is 276 g/mol. The normalized spacial score (nSPS) is 12.8. The Morgan fingerprint density at radius 1 is 1.41 bits per heavy atom. The number of aryl methyl sites for hydroxylation is 1. The number of aliphatic hydroxyl groups excluding tert-OH is 1. The summed E-state index contributed by atoms with van der Waals surface area (Å²) in [5.74, 6) is -1.56. The standard InChI is InChI=1S/C11H8ClF2NOS/c1-5-2-3-6(13)8(9(5)14)10(16)11-15-4-7(12)17-11/h2-4,10,16H,1H3. The van der Waals surface area contributed by atoms with E-state index in [-0.39, 0.29) is 10.6 Å². The topological polar surface area (TPSA) is 33.1 Å². The van der Waals surface area contributed by atoms with Gasteiger partial charge in [-0.25, -0.2) is 13.8 Å². The van der Waals surface area contributed by atoms with Gasteiger partial charge in [0.05, 0.1) is 11.8 Å². The van der Waals surface area contributed by atoms with Gasteiger partial charge in [-0.2, -0.15) is 0 Å². The maximum atomic E-state index is 13.7. The van der Waals surface area contributed by atoms with Gasteiger partial charge < -0.3 is 5.11 Å². The molecule has 1 heterocycles. The molecule has 2 aromatic rings. The lowest BCUT2D eigenvalue weighted by Crippen LogP contribution is -2.06. The number of aliphatic hydroxyl groups is 1. The molecule has 2 nitrogen and oxygen atoms in total. The van der Waals surface area contributed by atoms with Gasteiger partial charge in [-0.3, -0.25) is 0 Å². The maximum Gasteiger partial charge on any atom is 0.136 e. The molecule has 0 saturated carbocycles. The minimum atomic E-state index is -1.44. The second-order valence-corrected chi connectivity index (χ2v) is 5.19. The summed E-state index contributed by atoms with van der Waals surface area (Å²) in [5.41, 5.74) is -0.126. The van der Waals surface area contributed by atoms with Crippen LogP contribution in [-0.2, 0) is 0 Å². The number of hydrogen-bond acceptors (Lipinski definition) is 3. The van der Waals surface area contributed by atoms with Crippen molar-refractivity contribution in [3.63, 3.8) is 0 Å². The Kier molecular flexibility index (Phi) is 3.42. The van der Waals surface area contributed by atoms with Crippen LogP contribution < -0.4 is 0 Å². The Morgan fingerprint density at radius 2 is 2.12 bits per heavy atom. The van der Waals surface area contributed by atoms with E-state index in [2.05, 4.69) is 4.98 Å². The van der Waals surface area contributed by atoms with E-state index in [1.54, 1.807) is 0 Å². The Labute approximate surface area is 106 Å². The highest BCUT2D eigenvalue weighted by Gasteiger charge is 2.23. The summed E-state index contributed by atoms with van der Waals surface area (Å²) < 4.78 is 27.6. The zero-order chi connectivity index (χ0) is 12.6. The largest absolute Gasteiger partial charge is 0.381 e. The fourth-order valence-electron chi connectivity index (χ4n) is 1.45. The summed E-state index contributed by atoms with van der Waals surface area (Å²) in [6.07, 6.45) is -0.108. The number of nitrogens with zero attached hydrogens (tertiary/aromatic N) is 1. The lowest BCUT2D eigenvalue weighted by molar-refractivity contribution is 0.208. The van der Waals surface area contributed by atoms with Crippen LogP contribution in [0.25, 0.3) is 0 Å². The molecule has 1 atom stereocenters. The Balaban J connectivity index is 2.50. The molecule has 1 unspecified atom stereocenters. The molecule has 1 aromatic carbocycles. The van der Waals surface area contributed by atoms with Gasteiger partial charge in [-0.15, -0.1) is 11.3 Å². The summed E-state index contributed by atoms with van der Waals surface area (Å²) in [5, 5.41) is 10.1. The van der Waals surface area contributed by atoms with Gasteiger partial charge in [0, 0.05) is 0 Å². The molecule has 2 rings (SSSR count). The summed E-state index contributed by atoms with van der Waals surface area (Å²) in [4.78, 5) is 3.81. The first kappa shape index (κ1) is 12.4. The van der Waals surface area contributed by atoms with Crippen molar-refractivity contribution in [2.75, 3.05) is 0 Å². The van der Waals surface area contributed by atoms with Gasteiger partial charge in [-0.1, -0.05) is 17.7 Å². The van der Waals surface area contributed by atoms with Crippen molar-refractivity contribution in [2.24, 2.45) is 0 Å². The highest BCUT2D eigenvalue weighted by molar-refractivity contribution is 7.15. The minimum absolute atomic E-state index is 0.165. The first-order chi connectivity index (χ1) is 8.00. The van der Waals surface area contributed by atoms with Crippen molar-refractivity contribution < 1.29 is 13.9 Å². The predicted molar refractivity (Wildman–Crippen MR) is 62.3 cm³/mol. The van der Waals surface area contributed by atoms with Crippen LogP contribution >= 0.6 is 22.9 Å². The van der Waals surface area contributed by atoms with Crippen molar-refractivity contribution in [3.05, 3.63) is 50.4 Å². The highest BCUT2D eigenvalue weighted by atomic mass is 35.5. The number of benzene rings is 1. The number of rotatable bonds is 2. The third kappa shape index (κ3) is 2.31. The van der Waals surface area contributed by atoms with Crippen molar-refractivity contribution in [2.45, 2.75) is 13.0 Å². The van der Waals surface area contributed by atoms with Gasteiger partial charge in [-0.05, 0) is 18.6 Å². The number of aromatic nitrogens is 1. The molecular formula is C11H8ClF2NOS. The molecule has 0 bridgehead atoms. The van der Waals surface area contributed by atoms with Crippen LogP contribution in [0.1, 0.15) is 22.2 Å². The minimum Gasteiger partial charge on any atom is -0.381 e. The van der Waals surface area contributed by atoms with Crippen LogP contribution in [0.5, 0.6) is 0 Å². The smallest absolute Gasteiger partial charge is 0.136 e. The first-order valence-corrected chi connectivity index (χ1v) is 5.94. The summed E-state index contributed by atoms with van der Waals surface area (Å²) in [6.45, 7) is 1.50. The van der Waals surface area contributed by atoms with Crippen LogP contribution in [0.15, 0.2) is 18.3 Å². The number of halogens is 3. The van der Waals surface area contributed by atoms with Crippen LogP contribution in [0, 0.1) is 18.6 Å². The molecule has 0 radical (unpaired) electrons. The Hall–Kier alpha value is -1.04. The van der Waals surface area contributed by atoms with Crippen LogP contribution in [0.3, 0.4) is 0 Å². The summed E-state index contributed by atoms with van der Waals surface area (Å²) >= 11 is 6.65. The summed E-state index contributed by atoms with van der Waals surface area (Å²) in [7, 11) is 0. The Bertz CT molecular complexity index is 558. The van der Waals surface area contributed by atoms with Crippen molar-refractivity contribution in [1.82, 2.24) is 4.98 Å². The zero-order valence-electron chi connectivity index (χ0n) is 8.75. The number of thiazole rings is 1. The van der Waals surface area contributed by atoms with Crippen LogP contribution in [0.4, 0.5) is 8.78 Å². The molecule has 0 amide bonds. The maximum absolute atomic E-state index is 13.7. The van der Waals surface area contributed by atoms with Gasteiger partial charge >= 0.3 is 0 Å². The van der Waals surface area contributed by atoms with Crippen LogP contribution in [0.2, 0.25) is 4.34 Å². The lowest BCUT2D eigenvalue weighted by atomic mass is 10.1. The quantitative estimate of drug-likeness (QED) is 0.910. The average Bonchev–Trinajstić information content (AvgIpc) is 2.71. The first-order valence-electron chi connectivity index (χ1n) is 4.74. The molecule has 90 valence electrons. The zero-order valence-corrected chi connectivity index (χ0v) is 10.3. The van der Waals surface area contributed by atoms with E-state index in [0.29, 0.717) is 4.34 Å². The molecule has 0 fully saturated rings. The van der Waals surface area contributed by atoms with E-state index in [0.717, 1.165) is 17.4 Å². The molecule has 17 heavy (non-hydrogen) atoms. The molecule has 0 aliphatic rings. The fraction of sp³-hybridized carbons (Fsp3) is 0.182. The van der Waals surface area contributed by atoms with Gasteiger partial charge in [0.25, 0.3) is 0 Å². The molecule has 6 heteroatoms. The summed E-state index contributed by atoms with van der Waals surface area (Å²) in [6, 6.07) is 2.43. The van der Waals surface area contributed by atoms with E-state index in [9.17, 15) is 13.9 Å². The van der Waals surface area contributed by atoms with E-state index in [1.807, 2.05) is 0 Å². The SMILES string of the molecule is Cc1ccc(F)c(C(O)c2ncc(Cl)s2)c1F. The lowest BCUT2D eigenvalue weighted by Gasteiger charge is -2.11. The van der Waals surface area contributed by atoms with Crippen molar-refractivity contribution in [3.8, 4) is 0 Å². The van der Waals surface area contributed by atoms with Crippen molar-refractivity contribution >= 4 is 22.9 Å². The molecular weight excluding hydrogens is 268 g/mol. The fourth-order valence-corrected chi connectivity index (χ4v) is 2.37. The van der Waals surface area contributed by atoms with Gasteiger partial charge in [0.1, 0.15) is 27.1 Å². The van der Waals surface area contributed by atoms with E-state index >= 15 is 0 Å². The van der Waals surface area contributed by atoms with E-state index in [4.69, 9.17) is 11.6 Å². The molecule has 0 saturated heterocycles. The number of hydrogen-bond donors (Lipinski definition) is 1. The predicted octanol–water partition coefficient (Wildman–Crippen LogP) is 3.46. The van der Waals surface area contributed by atoms with Crippen LogP contribution in [-0.4, -0.2) is 10.1 Å². The molecule has 1 N–H and O–H groups in total. The second-order valence-electron chi connectivity index (χ2n) is 3.50. The highest BCUT2D eigenvalue weighted by Crippen LogP contribution is 2.32. The van der Waals surface area contributed by atoms with E-state index in [1.165, 1.54) is 19.2 Å². The molecule has 1 aromatic heterocycles. The van der Waals surface area contributed by atoms with E-state index < -0.39 is 23.3 Å².